The predicted molar refractivity (Wildman–Crippen MR) is 59.3 cm³/mol. The van der Waals surface area contributed by atoms with Gasteiger partial charge < -0.3 is 5.73 Å². The summed E-state index contributed by atoms with van der Waals surface area (Å²) in [7, 11) is 0. The lowest BCUT2D eigenvalue weighted by atomic mass is 10.3. The molecule has 0 amide bonds. The summed E-state index contributed by atoms with van der Waals surface area (Å²) >= 11 is 1.64. The van der Waals surface area contributed by atoms with E-state index in [1.165, 1.54) is 0 Å². The van der Waals surface area contributed by atoms with Crippen molar-refractivity contribution in [3.8, 4) is 0 Å². The van der Waals surface area contributed by atoms with Gasteiger partial charge in [-0.1, -0.05) is 12.1 Å². The summed E-state index contributed by atoms with van der Waals surface area (Å²) in [5.74, 6) is 0.882. The Bertz CT molecular complexity index is 430. The molecule has 0 saturated carbocycles. The van der Waals surface area contributed by atoms with Crippen molar-refractivity contribution >= 4 is 22.8 Å². The molecule has 0 fully saturated rings. The molecule has 0 unspecified atom stereocenters. The van der Waals surface area contributed by atoms with E-state index in [1.807, 2.05) is 24.3 Å². The van der Waals surface area contributed by atoms with E-state index in [0.29, 0.717) is 6.54 Å². The average Bonchev–Trinajstić information content (AvgIpc) is 2.26. The molecule has 1 aromatic carbocycles. The zero-order valence-electron chi connectivity index (χ0n) is 7.68. The first-order chi connectivity index (χ1) is 6.90. The minimum Gasteiger partial charge on any atom is -0.330 e. The zero-order valence-corrected chi connectivity index (χ0v) is 8.50. The average molecular weight is 205 g/mol. The van der Waals surface area contributed by atoms with Gasteiger partial charge in [0.25, 0.3) is 0 Å². The van der Waals surface area contributed by atoms with Gasteiger partial charge in [-0.25, -0.2) is 4.98 Å². The van der Waals surface area contributed by atoms with Gasteiger partial charge >= 0.3 is 0 Å². The zero-order chi connectivity index (χ0) is 9.80. The molecule has 0 spiro atoms. The van der Waals surface area contributed by atoms with Gasteiger partial charge in [0.1, 0.15) is 5.03 Å². The molecule has 72 valence electrons. The van der Waals surface area contributed by atoms with E-state index in [0.717, 1.165) is 21.8 Å². The third-order valence-electron chi connectivity index (χ3n) is 1.79. The quantitative estimate of drug-likeness (QED) is 0.775. The first kappa shape index (κ1) is 9.43. The molecule has 1 aromatic heterocycles. The van der Waals surface area contributed by atoms with Gasteiger partial charge in [-0.05, 0) is 12.1 Å². The molecule has 0 bridgehead atoms. The van der Waals surface area contributed by atoms with Gasteiger partial charge in [0.2, 0.25) is 0 Å². The van der Waals surface area contributed by atoms with Crippen LogP contribution < -0.4 is 5.73 Å². The normalized spacial score (nSPS) is 10.6. The number of nitrogens with zero attached hydrogens (tertiary/aromatic N) is 2. The summed E-state index contributed by atoms with van der Waals surface area (Å²) in [6.07, 6.45) is 1.79. The maximum absolute atomic E-state index is 5.42. The maximum atomic E-state index is 5.42. The summed E-state index contributed by atoms with van der Waals surface area (Å²) in [5.41, 5.74) is 7.29. The molecule has 2 aromatic rings. The second-order valence-electron chi connectivity index (χ2n) is 2.83. The first-order valence-corrected chi connectivity index (χ1v) is 5.43. The standard InChI is InChI=1S/C10H11N3S/c11-5-6-14-10-7-12-8-3-1-2-4-9(8)13-10/h1-4,7H,5-6,11H2. The van der Waals surface area contributed by atoms with E-state index in [-0.39, 0.29) is 0 Å². The van der Waals surface area contributed by atoms with Gasteiger partial charge in [0.15, 0.2) is 0 Å². The number of rotatable bonds is 3. The summed E-state index contributed by atoms with van der Waals surface area (Å²) in [6, 6.07) is 7.85. The Morgan fingerprint density at radius 2 is 2.00 bits per heavy atom. The third kappa shape index (κ3) is 2.02. The Balaban J connectivity index is 2.32. The van der Waals surface area contributed by atoms with Crippen molar-refractivity contribution in [3.63, 3.8) is 0 Å². The van der Waals surface area contributed by atoms with Crippen molar-refractivity contribution in [2.75, 3.05) is 12.3 Å². The van der Waals surface area contributed by atoms with Crippen LogP contribution in [0.2, 0.25) is 0 Å². The summed E-state index contributed by atoms with van der Waals surface area (Å²) in [4.78, 5) is 8.77. The second kappa shape index (κ2) is 4.39. The van der Waals surface area contributed by atoms with Crippen LogP contribution in [0.5, 0.6) is 0 Å². The van der Waals surface area contributed by atoms with Crippen LogP contribution in [-0.2, 0) is 0 Å². The van der Waals surface area contributed by atoms with Gasteiger partial charge in [0, 0.05) is 12.3 Å². The van der Waals surface area contributed by atoms with Crippen molar-refractivity contribution in [1.82, 2.24) is 9.97 Å². The topological polar surface area (TPSA) is 51.8 Å². The minimum atomic E-state index is 0.666. The van der Waals surface area contributed by atoms with Crippen LogP contribution in [0.4, 0.5) is 0 Å². The number of thioether (sulfide) groups is 1. The highest BCUT2D eigenvalue weighted by Crippen LogP contribution is 2.16. The van der Waals surface area contributed by atoms with Crippen molar-refractivity contribution < 1.29 is 0 Å². The summed E-state index contributed by atoms with van der Waals surface area (Å²) in [5, 5.41) is 0.939. The van der Waals surface area contributed by atoms with Crippen LogP contribution in [0.3, 0.4) is 0 Å². The number of hydrogen-bond acceptors (Lipinski definition) is 4. The van der Waals surface area contributed by atoms with Gasteiger partial charge in [-0.3, -0.25) is 4.98 Å². The molecule has 3 nitrogen and oxygen atoms in total. The van der Waals surface area contributed by atoms with Crippen LogP contribution in [0.1, 0.15) is 0 Å². The lowest BCUT2D eigenvalue weighted by molar-refractivity contribution is 1.10. The van der Waals surface area contributed by atoms with Crippen LogP contribution in [0, 0.1) is 0 Å². The minimum absolute atomic E-state index is 0.666. The SMILES string of the molecule is NCCSc1cnc2ccccc2n1. The predicted octanol–water partition coefficient (Wildman–Crippen LogP) is 1.68. The summed E-state index contributed by atoms with van der Waals surface area (Å²) in [6.45, 7) is 0.666. The lowest BCUT2D eigenvalue weighted by Gasteiger charge is -2.00. The number of aromatic nitrogens is 2. The van der Waals surface area contributed by atoms with Crippen molar-refractivity contribution in [1.29, 1.82) is 0 Å². The molecule has 4 heteroatoms. The van der Waals surface area contributed by atoms with Gasteiger partial charge in [-0.2, -0.15) is 0 Å². The van der Waals surface area contributed by atoms with Crippen LogP contribution >= 0.6 is 11.8 Å². The molecule has 1 heterocycles. The van der Waals surface area contributed by atoms with Crippen molar-refractivity contribution in [3.05, 3.63) is 30.5 Å². The van der Waals surface area contributed by atoms with E-state index < -0.39 is 0 Å². The Morgan fingerprint density at radius 1 is 1.21 bits per heavy atom. The largest absolute Gasteiger partial charge is 0.330 e. The Hall–Kier alpha value is -1.13. The maximum Gasteiger partial charge on any atom is 0.115 e. The van der Waals surface area contributed by atoms with E-state index >= 15 is 0 Å². The molecule has 2 rings (SSSR count). The highest BCUT2D eigenvalue weighted by Gasteiger charge is 1.98. The van der Waals surface area contributed by atoms with Gasteiger partial charge in [-0.15, -0.1) is 11.8 Å². The number of fused-ring (bicyclic) bond motifs is 1. The van der Waals surface area contributed by atoms with E-state index in [1.54, 1.807) is 18.0 Å². The smallest absolute Gasteiger partial charge is 0.115 e. The Labute approximate surface area is 86.7 Å². The fourth-order valence-electron chi connectivity index (χ4n) is 1.17. The highest BCUT2D eigenvalue weighted by atomic mass is 32.2. The molecular formula is C10H11N3S. The van der Waals surface area contributed by atoms with Crippen LogP contribution in [0.15, 0.2) is 35.5 Å². The molecular weight excluding hydrogens is 194 g/mol. The Kier molecular flexibility index (Phi) is 2.96. The number of nitrogens with two attached hydrogens (primary N) is 1. The van der Waals surface area contributed by atoms with E-state index in [4.69, 9.17) is 5.73 Å². The molecule has 14 heavy (non-hydrogen) atoms. The van der Waals surface area contributed by atoms with Crippen LogP contribution in [-0.4, -0.2) is 22.3 Å². The number of para-hydroxylation sites is 2. The number of hydrogen-bond donors (Lipinski definition) is 1. The summed E-state index contributed by atoms with van der Waals surface area (Å²) < 4.78 is 0. The second-order valence-corrected chi connectivity index (χ2v) is 3.95. The Morgan fingerprint density at radius 3 is 2.79 bits per heavy atom. The van der Waals surface area contributed by atoms with Crippen molar-refractivity contribution in [2.24, 2.45) is 5.73 Å². The van der Waals surface area contributed by atoms with Gasteiger partial charge in [0.05, 0.1) is 17.2 Å². The lowest BCUT2D eigenvalue weighted by Crippen LogP contribution is -2.01. The monoisotopic (exact) mass is 205 g/mol. The van der Waals surface area contributed by atoms with Crippen molar-refractivity contribution in [2.45, 2.75) is 5.03 Å². The molecule has 0 atom stereocenters. The molecule has 0 aliphatic rings. The fourth-order valence-corrected chi connectivity index (χ4v) is 1.79. The third-order valence-corrected chi connectivity index (χ3v) is 2.73. The molecule has 0 radical (unpaired) electrons. The van der Waals surface area contributed by atoms with Crippen LogP contribution in [0.25, 0.3) is 11.0 Å². The molecule has 0 aliphatic carbocycles. The first-order valence-electron chi connectivity index (χ1n) is 4.45. The molecule has 2 N–H and O–H groups in total. The highest BCUT2D eigenvalue weighted by molar-refractivity contribution is 7.99. The van der Waals surface area contributed by atoms with E-state index in [9.17, 15) is 0 Å². The fraction of sp³-hybridized carbons (Fsp3) is 0.200. The molecule has 0 saturated heterocycles. The van der Waals surface area contributed by atoms with E-state index in [2.05, 4.69) is 9.97 Å². The molecule has 0 aliphatic heterocycles. The number of benzene rings is 1.